The van der Waals surface area contributed by atoms with Crippen LogP contribution in [0.1, 0.15) is 34.9 Å². The quantitative estimate of drug-likeness (QED) is 0.819. The Labute approximate surface area is 132 Å². The van der Waals surface area contributed by atoms with Crippen LogP contribution < -0.4 is 9.84 Å². The van der Waals surface area contributed by atoms with Crippen molar-refractivity contribution >= 4 is 28.9 Å². The lowest BCUT2D eigenvalue weighted by Crippen LogP contribution is -2.22. The second-order valence-electron chi connectivity index (χ2n) is 5.05. The molecule has 0 aliphatic carbocycles. The van der Waals surface area contributed by atoms with E-state index in [1.165, 1.54) is 16.7 Å². The van der Waals surface area contributed by atoms with Crippen molar-refractivity contribution in [1.29, 1.82) is 0 Å². The molecule has 0 fully saturated rings. The molecule has 0 unspecified atom stereocenters. The molecule has 0 aliphatic rings. The van der Waals surface area contributed by atoms with Gasteiger partial charge in [0.25, 0.3) is 0 Å². The van der Waals surface area contributed by atoms with Crippen molar-refractivity contribution in [3.8, 4) is 5.75 Å². The Morgan fingerprint density at radius 1 is 1.48 bits per heavy atom. The minimum atomic E-state index is -1.26. The predicted octanol–water partition coefficient (Wildman–Crippen LogP) is 2.79. The molecule has 21 heavy (non-hydrogen) atoms. The summed E-state index contributed by atoms with van der Waals surface area (Å²) < 4.78 is 5.77. The van der Waals surface area contributed by atoms with E-state index in [-0.39, 0.29) is 5.69 Å². The van der Waals surface area contributed by atoms with Crippen molar-refractivity contribution in [2.45, 2.75) is 20.3 Å². The Morgan fingerprint density at radius 2 is 2.24 bits per heavy atom. The lowest BCUT2D eigenvalue weighted by atomic mass is 10.1. The molecule has 2 rings (SSSR count). The summed E-state index contributed by atoms with van der Waals surface area (Å²) in [5, 5.41) is 13.5. The molecule has 2 aromatic rings. The molecule has 0 aliphatic heterocycles. The first-order chi connectivity index (χ1) is 9.95. The second-order valence-corrected chi connectivity index (χ2v) is 6.43. The van der Waals surface area contributed by atoms with Crippen LogP contribution in [0.2, 0.25) is 5.02 Å². The molecule has 6 heteroatoms. The SMILES string of the molecule is CC(C)COc1ccc(Cl)cc1Cc1nc(C(=O)[O-])cs1. The summed E-state index contributed by atoms with van der Waals surface area (Å²) in [6, 6.07) is 5.42. The number of hydrogen-bond acceptors (Lipinski definition) is 5. The van der Waals surface area contributed by atoms with Crippen molar-refractivity contribution in [3.05, 3.63) is 44.9 Å². The van der Waals surface area contributed by atoms with E-state index in [2.05, 4.69) is 18.8 Å². The Morgan fingerprint density at radius 3 is 2.86 bits per heavy atom. The lowest BCUT2D eigenvalue weighted by Gasteiger charge is -2.13. The van der Waals surface area contributed by atoms with E-state index in [4.69, 9.17) is 16.3 Å². The average Bonchev–Trinajstić information content (AvgIpc) is 2.86. The Balaban J connectivity index is 2.20. The fourth-order valence-electron chi connectivity index (χ4n) is 1.73. The third kappa shape index (κ3) is 4.44. The summed E-state index contributed by atoms with van der Waals surface area (Å²) in [5.41, 5.74) is 0.851. The molecular formula is C15H15ClNO3S-. The van der Waals surface area contributed by atoms with E-state index in [1.54, 1.807) is 6.07 Å². The first-order valence-electron chi connectivity index (χ1n) is 6.52. The molecule has 0 bridgehead atoms. The monoisotopic (exact) mass is 324 g/mol. The van der Waals surface area contributed by atoms with Gasteiger partial charge in [-0.15, -0.1) is 11.3 Å². The topological polar surface area (TPSA) is 62.2 Å². The van der Waals surface area contributed by atoms with Crippen molar-refractivity contribution < 1.29 is 14.6 Å². The zero-order valence-electron chi connectivity index (χ0n) is 11.8. The number of ether oxygens (including phenoxy) is 1. The molecule has 4 nitrogen and oxygen atoms in total. The van der Waals surface area contributed by atoms with Gasteiger partial charge in [-0.2, -0.15) is 0 Å². The fourth-order valence-corrected chi connectivity index (χ4v) is 2.71. The van der Waals surface area contributed by atoms with Gasteiger partial charge in [-0.1, -0.05) is 25.4 Å². The highest BCUT2D eigenvalue weighted by Gasteiger charge is 2.10. The summed E-state index contributed by atoms with van der Waals surface area (Å²) in [5.74, 6) is -0.101. The molecule has 0 N–H and O–H groups in total. The van der Waals surface area contributed by atoms with Crippen LogP contribution in [0.25, 0.3) is 0 Å². The zero-order chi connectivity index (χ0) is 15.4. The fraction of sp³-hybridized carbons (Fsp3) is 0.333. The maximum Gasteiger partial charge on any atom is 0.123 e. The molecule has 1 aromatic heterocycles. The lowest BCUT2D eigenvalue weighted by molar-refractivity contribution is -0.255. The van der Waals surface area contributed by atoms with Crippen molar-refractivity contribution in [1.82, 2.24) is 4.98 Å². The van der Waals surface area contributed by atoms with Gasteiger partial charge in [-0.25, -0.2) is 4.98 Å². The third-order valence-corrected chi connectivity index (χ3v) is 3.78. The van der Waals surface area contributed by atoms with Gasteiger partial charge in [0.1, 0.15) is 5.75 Å². The molecule has 0 amide bonds. The van der Waals surface area contributed by atoms with Crippen LogP contribution >= 0.6 is 22.9 Å². The number of nitrogens with zero attached hydrogens (tertiary/aromatic N) is 1. The smallest absolute Gasteiger partial charge is 0.123 e. The number of rotatable bonds is 6. The number of aromatic nitrogens is 1. The van der Waals surface area contributed by atoms with E-state index < -0.39 is 5.97 Å². The van der Waals surface area contributed by atoms with Gasteiger partial charge in [0.2, 0.25) is 0 Å². The molecular weight excluding hydrogens is 310 g/mol. The Kier molecular flexibility index (Phi) is 5.20. The Hall–Kier alpha value is -1.59. The van der Waals surface area contributed by atoms with Crippen molar-refractivity contribution in [3.63, 3.8) is 0 Å². The number of carboxylic acid groups (broad SMARTS) is 1. The van der Waals surface area contributed by atoms with E-state index in [1.807, 2.05) is 12.1 Å². The molecule has 0 saturated carbocycles. The predicted molar refractivity (Wildman–Crippen MR) is 81.0 cm³/mol. The van der Waals surface area contributed by atoms with Crippen LogP contribution in [0.4, 0.5) is 0 Å². The number of benzene rings is 1. The standard InChI is InChI=1S/C15H16ClNO3S/c1-9(2)7-20-13-4-3-11(16)5-10(13)6-14-17-12(8-21-14)15(18)19/h3-5,8-9H,6-7H2,1-2H3,(H,18,19)/p-1. The van der Waals surface area contributed by atoms with E-state index in [9.17, 15) is 9.90 Å². The summed E-state index contributed by atoms with van der Waals surface area (Å²) in [4.78, 5) is 14.8. The highest BCUT2D eigenvalue weighted by molar-refractivity contribution is 7.09. The van der Waals surface area contributed by atoms with Crippen LogP contribution in [-0.2, 0) is 6.42 Å². The summed E-state index contributed by atoms with van der Waals surface area (Å²) in [7, 11) is 0. The normalized spacial score (nSPS) is 10.9. The maximum absolute atomic E-state index is 10.8. The molecule has 112 valence electrons. The van der Waals surface area contributed by atoms with Crippen LogP contribution in [0.5, 0.6) is 5.75 Å². The van der Waals surface area contributed by atoms with Crippen LogP contribution in [0.15, 0.2) is 23.6 Å². The first-order valence-corrected chi connectivity index (χ1v) is 7.78. The van der Waals surface area contributed by atoms with E-state index >= 15 is 0 Å². The van der Waals surface area contributed by atoms with Crippen LogP contribution in [0.3, 0.4) is 0 Å². The van der Waals surface area contributed by atoms with Crippen molar-refractivity contribution in [2.24, 2.45) is 5.92 Å². The van der Waals surface area contributed by atoms with Gasteiger partial charge < -0.3 is 14.6 Å². The van der Waals surface area contributed by atoms with E-state index in [0.717, 1.165) is 11.3 Å². The maximum atomic E-state index is 10.8. The van der Waals surface area contributed by atoms with Gasteiger partial charge in [-0.3, -0.25) is 0 Å². The van der Waals surface area contributed by atoms with Gasteiger partial charge >= 0.3 is 0 Å². The summed E-state index contributed by atoms with van der Waals surface area (Å²) in [6.45, 7) is 4.75. The van der Waals surface area contributed by atoms with Gasteiger partial charge in [0.15, 0.2) is 0 Å². The largest absolute Gasteiger partial charge is 0.543 e. The highest BCUT2D eigenvalue weighted by Crippen LogP contribution is 2.27. The molecule has 1 aromatic carbocycles. The van der Waals surface area contributed by atoms with Crippen LogP contribution in [-0.4, -0.2) is 17.6 Å². The molecule has 0 radical (unpaired) electrons. The number of carboxylic acids is 1. The summed E-state index contributed by atoms with van der Waals surface area (Å²) in [6.07, 6.45) is 0.478. The number of halogens is 1. The number of carbonyl (C=O) groups excluding carboxylic acids is 1. The Bertz CT molecular complexity index is 640. The number of carbonyl (C=O) groups is 1. The third-order valence-electron chi connectivity index (χ3n) is 2.70. The molecule has 0 spiro atoms. The summed E-state index contributed by atoms with van der Waals surface area (Å²) >= 11 is 7.31. The van der Waals surface area contributed by atoms with Crippen molar-refractivity contribution in [2.75, 3.05) is 6.61 Å². The number of thiazole rings is 1. The second kappa shape index (κ2) is 6.91. The molecule has 0 saturated heterocycles. The molecule has 0 atom stereocenters. The van der Waals surface area contributed by atoms with Gasteiger partial charge in [0.05, 0.1) is 23.3 Å². The van der Waals surface area contributed by atoms with Crippen LogP contribution in [0, 0.1) is 5.92 Å². The number of aromatic carboxylic acids is 1. The number of hydrogen-bond donors (Lipinski definition) is 0. The zero-order valence-corrected chi connectivity index (χ0v) is 13.3. The first kappa shape index (κ1) is 15.8. The van der Waals surface area contributed by atoms with E-state index in [0.29, 0.717) is 29.0 Å². The molecule has 1 heterocycles. The van der Waals surface area contributed by atoms with Gasteiger partial charge in [-0.05, 0) is 24.1 Å². The average molecular weight is 325 g/mol. The highest BCUT2D eigenvalue weighted by atomic mass is 35.5. The van der Waals surface area contributed by atoms with Gasteiger partial charge in [0, 0.05) is 22.4 Å². The minimum Gasteiger partial charge on any atom is -0.543 e. The minimum absolute atomic E-state index is 0.0401.